The van der Waals surface area contributed by atoms with Gasteiger partial charge in [-0.05, 0) is 49.1 Å². The first-order chi connectivity index (χ1) is 12.8. The number of amidine groups is 1. The predicted octanol–water partition coefficient (Wildman–Crippen LogP) is 6.19. The molecule has 0 radical (unpaired) electrons. The summed E-state index contributed by atoms with van der Waals surface area (Å²) in [5.41, 5.74) is 3.07. The summed E-state index contributed by atoms with van der Waals surface area (Å²) in [5, 5.41) is 13.5. The number of nitrogens with one attached hydrogen (secondary N) is 1. The number of aliphatic imine (C=N–C) groups is 1. The van der Waals surface area contributed by atoms with Crippen molar-refractivity contribution < 1.29 is 0 Å². The summed E-state index contributed by atoms with van der Waals surface area (Å²) in [6.07, 6.45) is 6.64. The van der Waals surface area contributed by atoms with Gasteiger partial charge < -0.3 is 5.32 Å². The Morgan fingerprint density at radius 2 is 1.88 bits per heavy atom. The standard InChI is InChI=1S/C21H23ClN4/c22-17-8-6-7-16(15-17)11-14-23-26-20-21(12-4-1-5-13-21)25-19-10-3-2-9-18(19)24-20/h2-3,6-10,15,25H,1,4-5,11-14H2. The first-order valence-corrected chi connectivity index (χ1v) is 9.71. The van der Waals surface area contributed by atoms with Gasteiger partial charge in [-0.15, -0.1) is 5.11 Å². The molecule has 4 nitrogen and oxygen atoms in total. The van der Waals surface area contributed by atoms with Crippen LogP contribution in [0.1, 0.15) is 37.7 Å². The summed E-state index contributed by atoms with van der Waals surface area (Å²) >= 11 is 6.04. The third-order valence-corrected chi connectivity index (χ3v) is 5.43. The molecular weight excluding hydrogens is 344 g/mol. The highest BCUT2D eigenvalue weighted by Gasteiger charge is 2.40. The van der Waals surface area contributed by atoms with Crippen LogP contribution in [-0.4, -0.2) is 17.9 Å². The molecule has 0 bridgehead atoms. The first-order valence-electron chi connectivity index (χ1n) is 9.34. The Bertz CT molecular complexity index is 837. The highest BCUT2D eigenvalue weighted by molar-refractivity contribution is 6.30. The van der Waals surface area contributed by atoms with Crippen LogP contribution in [0.2, 0.25) is 5.02 Å². The van der Waals surface area contributed by atoms with Crippen LogP contribution in [0, 0.1) is 0 Å². The minimum atomic E-state index is -0.161. The van der Waals surface area contributed by atoms with E-state index in [0.29, 0.717) is 6.54 Å². The minimum absolute atomic E-state index is 0.161. The minimum Gasteiger partial charge on any atom is -0.371 e. The molecule has 2 aromatic rings. The van der Waals surface area contributed by atoms with Crippen molar-refractivity contribution in [3.63, 3.8) is 0 Å². The van der Waals surface area contributed by atoms with Crippen molar-refractivity contribution in [2.45, 2.75) is 44.1 Å². The lowest BCUT2D eigenvalue weighted by molar-refractivity contribution is 0.401. The van der Waals surface area contributed by atoms with Crippen LogP contribution in [0.25, 0.3) is 0 Å². The molecule has 134 valence electrons. The van der Waals surface area contributed by atoms with Crippen LogP contribution in [-0.2, 0) is 6.42 Å². The topological polar surface area (TPSA) is 49.1 Å². The molecular formula is C21H23ClN4. The summed E-state index contributed by atoms with van der Waals surface area (Å²) in [6, 6.07) is 16.1. The molecule has 0 saturated heterocycles. The zero-order valence-electron chi connectivity index (χ0n) is 14.8. The van der Waals surface area contributed by atoms with E-state index in [-0.39, 0.29) is 5.54 Å². The molecule has 2 aromatic carbocycles. The number of hydrogen-bond acceptors (Lipinski definition) is 4. The quantitative estimate of drug-likeness (QED) is 0.646. The molecule has 1 N–H and O–H groups in total. The Balaban J connectivity index is 1.53. The van der Waals surface area contributed by atoms with Gasteiger partial charge in [-0.25, -0.2) is 4.99 Å². The molecule has 0 atom stereocenters. The van der Waals surface area contributed by atoms with Gasteiger partial charge >= 0.3 is 0 Å². The lowest BCUT2D eigenvalue weighted by Gasteiger charge is -2.40. The fraction of sp³-hybridized carbons (Fsp3) is 0.381. The molecule has 0 aromatic heterocycles. The molecule has 26 heavy (non-hydrogen) atoms. The van der Waals surface area contributed by atoms with E-state index < -0.39 is 0 Å². The van der Waals surface area contributed by atoms with Crippen molar-refractivity contribution in [1.82, 2.24) is 0 Å². The Morgan fingerprint density at radius 3 is 2.73 bits per heavy atom. The van der Waals surface area contributed by atoms with Gasteiger partial charge in [0.1, 0.15) is 0 Å². The first kappa shape index (κ1) is 17.2. The molecule has 1 aliphatic heterocycles. The van der Waals surface area contributed by atoms with E-state index in [2.05, 4.69) is 33.7 Å². The predicted molar refractivity (Wildman–Crippen MR) is 108 cm³/mol. The van der Waals surface area contributed by atoms with Gasteiger partial charge in [0.2, 0.25) is 0 Å². The zero-order chi connectivity index (χ0) is 17.8. The molecule has 1 heterocycles. The second-order valence-corrected chi connectivity index (χ2v) is 7.50. The summed E-state index contributed by atoms with van der Waals surface area (Å²) < 4.78 is 0. The van der Waals surface area contributed by atoms with E-state index in [1.54, 1.807) is 0 Å². The van der Waals surface area contributed by atoms with Gasteiger partial charge in [0.25, 0.3) is 0 Å². The molecule has 1 fully saturated rings. The van der Waals surface area contributed by atoms with Crippen LogP contribution in [0.3, 0.4) is 0 Å². The lowest BCUT2D eigenvalue weighted by atomic mass is 9.79. The maximum absolute atomic E-state index is 6.04. The number of para-hydroxylation sites is 2. The number of anilines is 1. The van der Waals surface area contributed by atoms with E-state index in [0.717, 1.165) is 41.5 Å². The van der Waals surface area contributed by atoms with Crippen molar-refractivity contribution in [3.8, 4) is 0 Å². The molecule has 1 spiro atoms. The van der Waals surface area contributed by atoms with Crippen molar-refractivity contribution in [1.29, 1.82) is 0 Å². The highest BCUT2D eigenvalue weighted by atomic mass is 35.5. The van der Waals surface area contributed by atoms with Crippen LogP contribution < -0.4 is 5.32 Å². The average Bonchev–Trinajstić information content (AvgIpc) is 2.66. The van der Waals surface area contributed by atoms with Crippen LogP contribution >= 0.6 is 11.6 Å². The SMILES string of the molecule is Clc1cccc(CCN=NC2=Nc3ccccc3NC23CCCCC3)c1. The molecule has 4 rings (SSSR count). The molecule has 0 unspecified atom stereocenters. The number of halogens is 1. The summed E-state index contributed by atoms with van der Waals surface area (Å²) in [7, 11) is 0. The van der Waals surface area contributed by atoms with Crippen LogP contribution in [0.5, 0.6) is 0 Å². The van der Waals surface area contributed by atoms with E-state index in [4.69, 9.17) is 16.6 Å². The zero-order valence-corrected chi connectivity index (χ0v) is 15.5. The van der Waals surface area contributed by atoms with Crippen LogP contribution in [0.4, 0.5) is 11.4 Å². The number of benzene rings is 2. The Hall–Kier alpha value is -2.20. The van der Waals surface area contributed by atoms with Crippen molar-refractivity contribution in [2.75, 3.05) is 11.9 Å². The van der Waals surface area contributed by atoms with E-state index in [1.165, 1.54) is 24.8 Å². The largest absolute Gasteiger partial charge is 0.371 e. The van der Waals surface area contributed by atoms with Gasteiger partial charge in [-0.3, -0.25) is 0 Å². The van der Waals surface area contributed by atoms with E-state index in [9.17, 15) is 0 Å². The van der Waals surface area contributed by atoms with E-state index in [1.807, 2.05) is 30.3 Å². The molecule has 5 heteroatoms. The number of azo groups is 1. The summed E-state index contributed by atoms with van der Waals surface area (Å²) in [4.78, 5) is 4.85. The highest BCUT2D eigenvalue weighted by Crippen LogP contribution is 2.41. The summed E-state index contributed by atoms with van der Waals surface area (Å²) in [5.74, 6) is 0.835. The second kappa shape index (κ2) is 7.58. The number of fused-ring (bicyclic) bond motifs is 1. The third kappa shape index (κ3) is 3.65. The maximum Gasteiger partial charge on any atom is 0.176 e. The average molecular weight is 367 g/mol. The molecule has 1 saturated carbocycles. The molecule has 2 aliphatic rings. The Kier molecular flexibility index (Phi) is 5.02. The lowest BCUT2D eigenvalue weighted by Crippen LogP contribution is -2.48. The summed E-state index contributed by atoms with van der Waals surface area (Å²) in [6.45, 7) is 0.636. The van der Waals surface area contributed by atoms with Gasteiger partial charge in [0.15, 0.2) is 5.84 Å². The fourth-order valence-corrected chi connectivity index (χ4v) is 4.04. The fourth-order valence-electron chi connectivity index (χ4n) is 3.82. The van der Waals surface area contributed by atoms with Gasteiger partial charge in [0.05, 0.1) is 23.5 Å². The molecule has 1 aliphatic carbocycles. The maximum atomic E-state index is 6.04. The van der Waals surface area contributed by atoms with E-state index >= 15 is 0 Å². The van der Waals surface area contributed by atoms with Crippen molar-refractivity contribution in [3.05, 3.63) is 59.1 Å². The normalized spacial score (nSPS) is 18.4. The van der Waals surface area contributed by atoms with Crippen molar-refractivity contribution in [2.24, 2.45) is 15.2 Å². The van der Waals surface area contributed by atoms with Crippen molar-refractivity contribution >= 4 is 28.8 Å². The number of nitrogens with zero attached hydrogens (tertiary/aromatic N) is 3. The number of rotatable bonds is 3. The second-order valence-electron chi connectivity index (χ2n) is 7.07. The van der Waals surface area contributed by atoms with Gasteiger partial charge in [-0.1, -0.05) is 55.1 Å². The van der Waals surface area contributed by atoms with Gasteiger partial charge in [-0.2, -0.15) is 5.11 Å². The van der Waals surface area contributed by atoms with Crippen LogP contribution in [0.15, 0.2) is 63.8 Å². The number of hydrogen-bond donors (Lipinski definition) is 1. The van der Waals surface area contributed by atoms with Gasteiger partial charge in [0, 0.05) is 5.02 Å². The third-order valence-electron chi connectivity index (χ3n) is 5.19. The Morgan fingerprint density at radius 1 is 1.04 bits per heavy atom. The Labute approximate surface area is 159 Å². The molecule has 0 amide bonds. The smallest absolute Gasteiger partial charge is 0.176 e. The monoisotopic (exact) mass is 366 g/mol.